The Balaban J connectivity index is 1.41. The Morgan fingerprint density at radius 2 is 1.77 bits per heavy atom. The van der Waals surface area contributed by atoms with Gasteiger partial charge in [0.15, 0.2) is 0 Å². The molecular weight excluding hydrogens is 524 g/mol. The van der Waals surface area contributed by atoms with Crippen LogP contribution in [0.1, 0.15) is 51.5 Å². The molecule has 4 aliphatic rings. The molecule has 4 atom stereocenters. The Morgan fingerprint density at radius 1 is 1.02 bits per heavy atom. The van der Waals surface area contributed by atoms with Gasteiger partial charge in [-0.2, -0.15) is 5.26 Å². The number of anilines is 1. The summed E-state index contributed by atoms with van der Waals surface area (Å²) in [6.45, 7) is 1.93. The minimum atomic E-state index is -0.938. The van der Waals surface area contributed by atoms with Crippen LogP contribution in [0.3, 0.4) is 0 Å². The zero-order valence-corrected chi connectivity index (χ0v) is 22.9. The first-order valence-electron chi connectivity index (χ1n) is 13.5. The van der Waals surface area contributed by atoms with Gasteiger partial charge in [0.05, 0.1) is 30.4 Å². The van der Waals surface area contributed by atoms with E-state index in [1.54, 1.807) is 7.11 Å². The second kappa shape index (κ2) is 9.17. The van der Waals surface area contributed by atoms with Crippen LogP contribution in [0.2, 0.25) is 0 Å². The van der Waals surface area contributed by atoms with Gasteiger partial charge in [0, 0.05) is 16.4 Å². The van der Waals surface area contributed by atoms with Crippen molar-refractivity contribution in [1.82, 2.24) is 0 Å². The second-order valence-corrected chi connectivity index (χ2v) is 12.0. The van der Waals surface area contributed by atoms with Crippen LogP contribution in [0, 0.1) is 36.0 Å². The summed E-state index contributed by atoms with van der Waals surface area (Å²) in [7, 11) is 1.59. The summed E-state index contributed by atoms with van der Waals surface area (Å²) >= 11 is 1.37. The summed E-state index contributed by atoms with van der Waals surface area (Å²) in [5, 5.41) is 10.5. The lowest BCUT2D eigenvalue weighted by Gasteiger charge is -2.38. The number of nitrogens with zero attached hydrogens (tertiary/aromatic N) is 2. The van der Waals surface area contributed by atoms with Crippen LogP contribution in [0.4, 0.5) is 5.00 Å². The number of carbonyl (C=O) groups is 3. The largest absolute Gasteiger partial charge is 0.497 e. The number of esters is 1. The van der Waals surface area contributed by atoms with Crippen LogP contribution in [-0.2, 0) is 27.2 Å². The van der Waals surface area contributed by atoms with Crippen molar-refractivity contribution in [2.75, 3.05) is 12.0 Å². The summed E-state index contributed by atoms with van der Waals surface area (Å²) in [6.07, 6.45) is 5.57. The molecule has 0 spiro atoms. The van der Waals surface area contributed by atoms with E-state index in [2.05, 4.69) is 6.07 Å². The molecule has 1 aromatic heterocycles. The van der Waals surface area contributed by atoms with E-state index in [9.17, 15) is 19.6 Å². The molecule has 0 saturated carbocycles. The fourth-order valence-electron chi connectivity index (χ4n) is 6.84. The molecule has 1 fully saturated rings. The fourth-order valence-corrected chi connectivity index (χ4v) is 8.19. The maximum atomic E-state index is 14.3. The highest BCUT2D eigenvalue weighted by atomic mass is 32.1. The number of fused-ring (bicyclic) bond motifs is 6. The van der Waals surface area contributed by atoms with Gasteiger partial charge >= 0.3 is 5.97 Å². The number of benzene rings is 2. The quantitative estimate of drug-likeness (QED) is 0.248. The van der Waals surface area contributed by atoms with Gasteiger partial charge in [0.2, 0.25) is 11.8 Å². The van der Waals surface area contributed by atoms with Crippen molar-refractivity contribution in [3.63, 3.8) is 0 Å². The number of ether oxygens (including phenoxy) is 2. The number of methoxy groups -OCH3 is 1. The molecule has 0 bridgehead atoms. The van der Waals surface area contributed by atoms with E-state index >= 15 is 0 Å². The van der Waals surface area contributed by atoms with Gasteiger partial charge in [-0.1, -0.05) is 30.3 Å². The van der Waals surface area contributed by atoms with E-state index in [0.29, 0.717) is 27.6 Å². The number of rotatable bonds is 3. The number of thiophene rings is 1. The van der Waals surface area contributed by atoms with E-state index in [4.69, 9.17) is 9.47 Å². The van der Waals surface area contributed by atoms with Gasteiger partial charge in [-0.3, -0.25) is 14.4 Å². The van der Waals surface area contributed by atoms with Crippen LogP contribution in [0.25, 0.3) is 5.57 Å². The number of aryl methyl sites for hydroxylation is 2. The van der Waals surface area contributed by atoms with E-state index < -0.39 is 35.5 Å². The molecule has 1 saturated heterocycles. The number of amides is 2. The van der Waals surface area contributed by atoms with Crippen LogP contribution < -0.4 is 14.4 Å². The normalized spacial score (nSPS) is 24.8. The standard InChI is InChI=1S/C32H26N2O5S/c1-16-7-12-19-22-14-21(17-8-10-18(38-2)11-9-17)26-28(27(22)32(37)39-24(19)13-16)30(36)34(29(26)35)31-23(15-33)20-5-3-4-6-25(20)40-31/h7-14,21,26-28H,3-6H2,1-2H3/t21-,26-,27-,28+/m0/s1. The highest BCUT2D eigenvalue weighted by Crippen LogP contribution is 2.56. The van der Waals surface area contributed by atoms with Crippen molar-refractivity contribution >= 4 is 39.7 Å². The first-order chi connectivity index (χ1) is 19.4. The number of imide groups is 1. The highest BCUT2D eigenvalue weighted by molar-refractivity contribution is 7.17. The maximum absolute atomic E-state index is 14.3. The summed E-state index contributed by atoms with van der Waals surface area (Å²) < 4.78 is 11.1. The number of carbonyl (C=O) groups excluding carboxylic acids is 3. The molecule has 2 aliphatic carbocycles. The molecule has 0 radical (unpaired) electrons. The van der Waals surface area contributed by atoms with E-state index in [0.717, 1.165) is 52.8 Å². The van der Waals surface area contributed by atoms with Crippen molar-refractivity contribution in [3.8, 4) is 17.6 Å². The van der Waals surface area contributed by atoms with Gasteiger partial charge < -0.3 is 9.47 Å². The Bertz CT molecular complexity index is 1680. The third kappa shape index (κ3) is 3.50. The van der Waals surface area contributed by atoms with Gasteiger partial charge in [-0.05, 0) is 73.1 Å². The van der Waals surface area contributed by atoms with Crippen LogP contribution in [0.15, 0.2) is 48.5 Å². The monoisotopic (exact) mass is 550 g/mol. The molecule has 8 heteroatoms. The van der Waals surface area contributed by atoms with Crippen molar-refractivity contribution in [2.24, 2.45) is 17.8 Å². The second-order valence-electron chi connectivity index (χ2n) is 10.9. The molecular formula is C32H26N2O5S. The molecule has 3 aromatic rings. The lowest BCUT2D eigenvalue weighted by atomic mass is 9.64. The van der Waals surface area contributed by atoms with Gasteiger partial charge in [-0.25, -0.2) is 4.90 Å². The molecule has 3 heterocycles. The molecule has 40 heavy (non-hydrogen) atoms. The molecule has 7 nitrogen and oxygen atoms in total. The Hall–Kier alpha value is -4.22. The average molecular weight is 551 g/mol. The van der Waals surface area contributed by atoms with E-state index in [-0.39, 0.29) is 5.91 Å². The number of hydrogen-bond donors (Lipinski definition) is 0. The zero-order chi connectivity index (χ0) is 27.7. The number of nitriles is 1. The lowest BCUT2D eigenvalue weighted by Crippen LogP contribution is -2.42. The molecule has 0 N–H and O–H groups in total. The van der Waals surface area contributed by atoms with Gasteiger partial charge in [0.1, 0.15) is 22.6 Å². The third-order valence-electron chi connectivity index (χ3n) is 8.72. The fraction of sp³-hybridized carbons (Fsp3) is 0.312. The molecule has 2 amide bonds. The minimum Gasteiger partial charge on any atom is -0.497 e. The van der Waals surface area contributed by atoms with E-state index in [1.807, 2.05) is 55.5 Å². The van der Waals surface area contributed by atoms with Crippen LogP contribution >= 0.6 is 11.3 Å². The number of allylic oxidation sites excluding steroid dienone is 1. The van der Waals surface area contributed by atoms with Crippen molar-refractivity contribution in [2.45, 2.75) is 38.5 Å². The molecule has 0 unspecified atom stereocenters. The average Bonchev–Trinajstić information content (AvgIpc) is 3.46. The predicted octanol–water partition coefficient (Wildman–Crippen LogP) is 5.34. The van der Waals surface area contributed by atoms with Crippen LogP contribution in [0.5, 0.6) is 11.5 Å². The molecule has 200 valence electrons. The number of hydrogen-bond acceptors (Lipinski definition) is 7. The van der Waals surface area contributed by atoms with Gasteiger partial charge in [-0.15, -0.1) is 11.3 Å². The van der Waals surface area contributed by atoms with Crippen molar-refractivity contribution in [1.29, 1.82) is 5.26 Å². The summed E-state index contributed by atoms with van der Waals surface area (Å²) in [4.78, 5) is 44.4. The first-order valence-corrected chi connectivity index (χ1v) is 14.3. The Labute approximate surface area is 235 Å². The summed E-state index contributed by atoms with van der Waals surface area (Å²) in [5.41, 5.74) is 4.65. The summed E-state index contributed by atoms with van der Waals surface area (Å²) in [6, 6.07) is 15.5. The van der Waals surface area contributed by atoms with Crippen molar-refractivity contribution in [3.05, 3.63) is 81.2 Å². The van der Waals surface area contributed by atoms with Crippen LogP contribution in [-0.4, -0.2) is 24.9 Å². The van der Waals surface area contributed by atoms with E-state index in [1.165, 1.54) is 16.2 Å². The van der Waals surface area contributed by atoms with Crippen molar-refractivity contribution < 1.29 is 23.9 Å². The molecule has 7 rings (SSSR count). The smallest absolute Gasteiger partial charge is 0.319 e. The SMILES string of the molecule is COc1ccc([C@@H]2C=C3c4ccc(C)cc4OC(=O)[C@@H]3[C@@H]3C(=O)N(c4sc5c(c4C#N)CCCC5)C(=O)[C@H]32)cc1. The predicted molar refractivity (Wildman–Crippen MR) is 149 cm³/mol. The molecule has 2 aromatic carbocycles. The third-order valence-corrected chi connectivity index (χ3v) is 10.00. The summed E-state index contributed by atoms with van der Waals surface area (Å²) in [5.74, 6) is -3.29. The highest BCUT2D eigenvalue weighted by Gasteiger charge is 2.61. The molecule has 2 aliphatic heterocycles. The minimum absolute atomic E-state index is 0.372. The maximum Gasteiger partial charge on any atom is 0.319 e. The Morgan fingerprint density at radius 3 is 2.52 bits per heavy atom. The topological polar surface area (TPSA) is 96.7 Å². The lowest BCUT2D eigenvalue weighted by molar-refractivity contribution is -0.142. The zero-order valence-electron chi connectivity index (χ0n) is 22.1. The first kappa shape index (κ1) is 24.8. The Kier molecular flexibility index (Phi) is 5.69. The van der Waals surface area contributed by atoms with Gasteiger partial charge in [0.25, 0.3) is 0 Å².